The number of hydrogen-bond acceptors (Lipinski definition) is 1. The van der Waals surface area contributed by atoms with E-state index in [-0.39, 0.29) is 5.69 Å². The molecule has 0 bridgehead atoms. The largest absolute Gasteiger partial charge is 0.352 e. The summed E-state index contributed by atoms with van der Waals surface area (Å²) in [5.41, 5.74) is -1.22. The maximum atomic E-state index is 12.9. The molecule has 0 unspecified atom stereocenters. The smallest absolute Gasteiger partial charge is 0.320 e. The number of amides is 1. The lowest BCUT2D eigenvalue weighted by atomic mass is 10.1. The summed E-state index contributed by atoms with van der Waals surface area (Å²) in [6.07, 6.45) is 0. The first-order chi connectivity index (χ1) is 6.43. The topological polar surface area (TPSA) is 29.1 Å². The molecule has 1 aliphatic rings. The second-order valence-corrected chi connectivity index (χ2v) is 2.84. The Balaban J connectivity index is 2.67. The molecule has 0 spiro atoms. The quantitative estimate of drug-likeness (QED) is 0.645. The van der Waals surface area contributed by atoms with Crippen molar-refractivity contribution in [3.63, 3.8) is 0 Å². The molecule has 1 amide bonds. The van der Waals surface area contributed by atoms with Crippen molar-refractivity contribution in [1.82, 2.24) is 0 Å². The predicted molar refractivity (Wildman–Crippen MR) is 38.9 cm³/mol. The molecule has 0 atom stereocenters. The van der Waals surface area contributed by atoms with E-state index in [1.807, 2.05) is 0 Å². The molecule has 14 heavy (non-hydrogen) atoms. The summed E-state index contributed by atoms with van der Waals surface area (Å²) in [6, 6.07) is 0.853. The van der Waals surface area contributed by atoms with Crippen molar-refractivity contribution in [1.29, 1.82) is 0 Å². The van der Waals surface area contributed by atoms with Crippen LogP contribution in [0.5, 0.6) is 0 Å². The van der Waals surface area contributed by atoms with Crippen LogP contribution in [0.15, 0.2) is 12.1 Å². The number of alkyl halides is 2. The second-order valence-electron chi connectivity index (χ2n) is 2.84. The Labute approximate surface area is 75.5 Å². The molecule has 0 aromatic heterocycles. The molecule has 0 saturated carbocycles. The van der Waals surface area contributed by atoms with Gasteiger partial charge >= 0.3 is 5.92 Å². The lowest BCUT2D eigenvalue weighted by Gasteiger charge is -2.05. The normalized spacial score (nSPS) is 17.9. The SMILES string of the molecule is O=C1Nc2cc(F)c(F)cc2C1(F)F. The zero-order valence-electron chi connectivity index (χ0n) is 6.57. The van der Waals surface area contributed by atoms with Crippen LogP contribution in [0.25, 0.3) is 0 Å². The highest BCUT2D eigenvalue weighted by Crippen LogP contribution is 2.40. The van der Waals surface area contributed by atoms with E-state index in [4.69, 9.17) is 0 Å². The van der Waals surface area contributed by atoms with Gasteiger partial charge in [0.05, 0.1) is 11.3 Å². The fourth-order valence-corrected chi connectivity index (χ4v) is 1.23. The minimum Gasteiger partial charge on any atom is -0.320 e. The zero-order valence-corrected chi connectivity index (χ0v) is 6.57. The first-order valence-corrected chi connectivity index (χ1v) is 3.61. The molecule has 6 heteroatoms. The van der Waals surface area contributed by atoms with Gasteiger partial charge in [-0.15, -0.1) is 0 Å². The zero-order chi connectivity index (χ0) is 10.5. The van der Waals surface area contributed by atoms with Gasteiger partial charge in [-0.2, -0.15) is 8.78 Å². The third-order valence-corrected chi connectivity index (χ3v) is 1.93. The van der Waals surface area contributed by atoms with E-state index >= 15 is 0 Å². The molecule has 2 nitrogen and oxygen atoms in total. The standard InChI is InChI=1S/C8H3F4NO/c9-4-1-3-6(2-5(4)10)13-7(14)8(3,11)12/h1-2H,(H,13,14). The summed E-state index contributed by atoms with van der Waals surface area (Å²) in [5.74, 6) is -8.04. The van der Waals surface area contributed by atoms with Crippen LogP contribution in [-0.2, 0) is 10.7 Å². The highest BCUT2D eigenvalue weighted by atomic mass is 19.3. The van der Waals surface area contributed by atoms with Crippen molar-refractivity contribution < 1.29 is 22.4 Å². The van der Waals surface area contributed by atoms with Crippen molar-refractivity contribution in [3.05, 3.63) is 29.3 Å². The Morgan fingerprint density at radius 2 is 1.71 bits per heavy atom. The highest BCUT2D eigenvalue weighted by Gasteiger charge is 2.48. The van der Waals surface area contributed by atoms with E-state index in [2.05, 4.69) is 0 Å². The van der Waals surface area contributed by atoms with Crippen LogP contribution in [0.3, 0.4) is 0 Å². The van der Waals surface area contributed by atoms with Gasteiger partial charge in [-0.05, 0) is 6.07 Å². The van der Waals surface area contributed by atoms with Gasteiger partial charge in [0.1, 0.15) is 0 Å². The van der Waals surface area contributed by atoms with Crippen molar-refractivity contribution in [3.8, 4) is 0 Å². The van der Waals surface area contributed by atoms with E-state index in [9.17, 15) is 22.4 Å². The van der Waals surface area contributed by atoms with Gasteiger partial charge in [-0.3, -0.25) is 4.79 Å². The summed E-state index contributed by atoms with van der Waals surface area (Å²) >= 11 is 0. The van der Waals surface area contributed by atoms with Crippen molar-refractivity contribution >= 4 is 11.6 Å². The second kappa shape index (κ2) is 2.46. The predicted octanol–water partition coefficient (Wildman–Crippen LogP) is 2.01. The molecule has 1 aromatic rings. The van der Waals surface area contributed by atoms with Crippen molar-refractivity contribution in [2.24, 2.45) is 0 Å². The summed E-state index contributed by atoms with van der Waals surface area (Å²) < 4.78 is 51.1. The first-order valence-electron chi connectivity index (χ1n) is 3.61. The van der Waals surface area contributed by atoms with Crippen LogP contribution in [0.2, 0.25) is 0 Å². The van der Waals surface area contributed by atoms with Crippen LogP contribution >= 0.6 is 0 Å². The maximum Gasteiger partial charge on any atom is 0.352 e. The molecular formula is C8H3F4NO. The molecule has 74 valence electrons. The van der Waals surface area contributed by atoms with E-state index in [0.717, 1.165) is 0 Å². The molecule has 0 radical (unpaired) electrons. The molecule has 1 N–H and O–H groups in total. The van der Waals surface area contributed by atoms with Crippen LogP contribution in [0.1, 0.15) is 5.56 Å². The van der Waals surface area contributed by atoms with Gasteiger partial charge in [0.25, 0.3) is 5.91 Å². The summed E-state index contributed by atoms with van der Waals surface area (Å²) in [6.45, 7) is 0. The summed E-state index contributed by atoms with van der Waals surface area (Å²) in [7, 11) is 0. The van der Waals surface area contributed by atoms with Crippen molar-refractivity contribution in [2.45, 2.75) is 5.92 Å². The molecular weight excluding hydrogens is 202 g/mol. The number of hydrogen-bond donors (Lipinski definition) is 1. The van der Waals surface area contributed by atoms with Crippen LogP contribution in [0, 0.1) is 11.6 Å². The Morgan fingerprint density at radius 1 is 1.14 bits per heavy atom. The van der Waals surface area contributed by atoms with Gasteiger partial charge in [0, 0.05) is 6.07 Å². The number of halogens is 4. The van der Waals surface area contributed by atoms with Gasteiger partial charge in [0.15, 0.2) is 11.6 Å². The Hall–Kier alpha value is -1.59. The average molecular weight is 205 g/mol. The number of benzene rings is 1. The Kier molecular flexibility index (Phi) is 1.58. The van der Waals surface area contributed by atoms with E-state index < -0.39 is 29.0 Å². The minimum atomic E-state index is -3.79. The van der Waals surface area contributed by atoms with Crippen LogP contribution < -0.4 is 5.32 Å². The fraction of sp³-hybridized carbons (Fsp3) is 0.125. The third kappa shape index (κ3) is 0.997. The van der Waals surface area contributed by atoms with Gasteiger partial charge < -0.3 is 5.32 Å². The van der Waals surface area contributed by atoms with Crippen LogP contribution in [-0.4, -0.2) is 5.91 Å². The molecule has 1 heterocycles. The number of carbonyl (C=O) groups excluding carboxylic acids is 1. The monoisotopic (exact) mass is 205 g/mol. The number of anilines is 1. The lowest BCUT2D eigenvalue weighted by Crippen LogP contribution is -2.23. The maximum absolute atomic E-state index is 12.9. The van der Waals surface area contributed by atoms with Crippen LogP contribution in [0.4, 0.5) is 23.2 Å². The molecule has 2 rings (SSSR count). The molecule has 1 aliphatic heterocycles. The third-order valence-electron chi connectivity index (χ3n) is 1.93. The van der Waals surface area contributed by atoms with Crippen molar-refractivity contribution in [2.75, 3.05) is 5.32 Å². The molecule has 1 aromatic carbocycles. The Bertz CT molecular complexity index is 430. The fourth-order valence-electron chi connectivity index (χ4n) is 1.23. The van der Waals surface area contributed by atoms with E-state index in [0.29, 0.717) is 12.1 Å². The molecule has 0 saturated heterocycles. The van der Waals surface area contributed by atoms with Gasteiger partial charge in [0.2, 0.25) is 0 Å². The number of rotatable bonds is 0. The highest BCUT2D eigenvalue weighted by molar-refractivity contribution is 6.03. The number of carbonyl (C=O) groups is 1. The lowest BCUT2D eigenvalue weighted by molar-refractivity contribution is -0.139. The Morgan fingerprint density at radius 3 is 2.36 bits per heavy atom. The van der Waals surface area contributed by atoms with E-state index in [1.54, 1.807) is 5.32 Å². The first kappa shape index (κ1) is 8.98. The summed E-state index contributed by atoms with van der Waals surface area (Å²) in [5, 5.41) is 1.76. The number of nitrogens with one attached hydrogen (secondary N) is 1. The average Bonchev–Trinajstić information content (AvgIpc) is 2.28. The summed E-state index contributed by atoms with van der Waals surface area (Å²) in [4.78, 5) is 10.7. The van der Waals surface area contributed by atoms with Gasteiger partial charge in [-0.1, -0.05) is 0 Å². The molecule has 0 aliphatic carbocycles. The minimum absolute atomic E-state index is 0.322. The molecule has 0 fully saturated rings. The van der Waals surface area contributed by atoms with Gasteiger partial charge in [-0.25, -0.2) is 8.78 Å². The van der Waals surface area contributed by atoms with E-state index in [1.165, 1.54) is 0 Å². The number of fused-ring (bicyclic) bond motifs is 1.